The fourth-order valence-electron chi connectivity index (χ4n) is 2.20. The van der Waals surface area contributed by atoms with Gasteiger partial charge in [-0.3, -0.25) is 4.79 Å². The van der Waals surface area contributed by atoms with Crippen molar-refractivity contribution in [3.05, 3.63) is 41.2 Å². The van der Waals surface area contributed by atoms with E-state index in [1.807, 2.05) is 0 Å². The molecule has 0 bridgehead atoms. The van der Waals surface area contributed by atoms with Gasteiger partial charge in [0.1, 0.15) is 6.61 Å². The van der Waals surface area contributed by atoms with Crippen LogP contribution in [0.25, 0.3) is 5.57 Å². The van der Waals surface area contributed by atoms with E-state index in [1.165, 1.54) is 18.2 Å². The van der Waals surface area contributed by atoms with Gasteiger partial charge in [-0.2, -0.15) is 0 Å². The first-order valence-electron chi connectivity index (χ1n) is 5.76. The third-order valence-corrected chi connectivity index (χ3v) is 3.18. The van der Waals surface area contributed by atoms with Gasteiger partial charge in [-0.1, -0.05) is 6.08 Å². The fraction of sp³-hybridized carbons (Fsp3) is 0.0714. The summed E-state index contributed by atoms with van der Waals surface area (Å²) in [7, 11) is 0. The van der Waals surface area contributed by atoms with Gasteiger partial charge in [0, 0.05) is 11.6 Å². The predicted molar refractivity (Wildman–Crippen MR) is 68.7 cm³/mol. The maximum absolute atomic E-state index is 11.2. The number of aromatic hydroxyl groups is 3. The summed E-state index contributed by atoms with van der Waals surface area (Å²) in [5.74, 6) is -2.08. The standard InChI is InChI=1S/C14H10O6/c15-8-2-1-6(3-9(8)16)7-5-20-14-11(18)4-10(17)13(19)12(7)14/h1-4,16-19H,5H2/b7-6+. The summed E-state index contributed by atoms with van der Waals surface area (Å²) in [5, 5.41) is 38.6. The largest absolute Gasteiger partial charge is 0.504 e. The van der Waals surface area contributed by atoms with E-state index in [1.54, 1.807) is 0 Å². The number of hydrogen-bond donors (Lipinski definition) is 4. The Morgan fingerprint density at radius 2 is 1.80 bits per heavy atom. The van der Waals surface area contributed by atoms with Crippen LogP contribution in [-0.2, 0) is 4.79 Å². The zero-order valence-electron chi connectivity index (χ0n) is 10.1. The normalized spacial score (nSPS) is 20.6. The second-order valence-corrected chi connectivity index (χ2v) is 4.42. The zero-order chi connectivity index (χ0) is 14.4. The van der Waals surface area contributed by atoms with Gasteiger partial charge in [-0.25, -0.2) is 0 Å². The van der Waals surface area contributed by atoms with Gasteiger partial charge in [-0.15, -0.1) is 0 Å². The van der Waals surface area contributed by atoms with Gasteiger partial charge in [0.15, 0.2) is 28.8 Å². The smallest absolute Gasteiger partial charge is 0.220 e. The summed E-state index contributed by atoms with van der Waals surface area (Å²) in [6.45, 7) is 0.0392. The molecule has 0 radical (unpaired) electrons. The van der Waals surface area contributed by atoms with Crippen molar-refractivity contribution in [1.82, 2.24) is 0 Å². The van der Waals surface area contributed by atoms with Crippen molar-refractivity contribution in [3.8, 4) is 23.0 Å². The van der Waals surface area contributed by atoms with Crippen LogP contribution in [0.4, 0.5) is 0 Å². The first-order valence-corrected chi connectivity index (χ1v) is 5.76. The monoisotopic (exact) mass is 274 g/mol. The summed E-state index contributed by atoms with van der Waals surface area (Å²) in [6.07, 6.45) is 3.91. The maximum Gasteiger partial charge on any atom is 0.220 e. The van der Waals surface area contributed by atoms with E-state index in [0.29, 0.717) is 11.1 Å². The molecule has 0 aromatic heterocycles. The highest BCUT2D eigenvalue weighted by Gasteiger charge is 2.29. The minimum atomic E-state index is -0.517. The minimum Gasteiger partial charge on any atom is -0.504 e. The molecule has 1 aliphatic heterocycles. The molecule has 3 rings (SSSR count). The van der Waals surface area contributed by atoms with E-state index < -0.39 is 23.0 Å². The molecule has 1 aromatic rings. The lowest BCUT2D eigenvalue weighted by Crippen LogP contribution is -2.03. The lowest BCUT2D eigenvalue weighted by Gasteiger charge is -2.09. The number of carbonyl (C=O) groups is 1. The van der Waals surface area contributed by atoms with Crippen molar-refractivity contribution in [2.45, 2.75) is 0 Å². The Labute approximate surface area is 113 Å². The van der Waals surface area contributed by atoms with E-state index in [4.69, 9.17) is 4.74 Å². The van der Waals surface area contributed by atoms with Gasteiger partial charge in [0.2, 0.25) is 5.78 Å². The number of ketones is 1. The van der Waals surface area contributed by atoms with E-state index in [9.17, 15) is 25.2 Å². The molecular weight excluding hydrogens is 264 g/mol. The second kappa shape index (κ2) is 4.06. The number of ether oxygens (including phenoxy) is 1. The number of rotatable bonds is 0. The van der Waals surface area contributed by atoms with E-state index >= 15 is 0 Å². The molecule has 102 valence electrons. The Morgan fingerprint density at radius 3 is 2.50 bits per heavy atom. The molecule has 6 nitrogen and oxygen atoms in total. The molecule has 2 aliphatic rings. The number of carbonyl (C=O) groups excluding carboxylic acids is 1. The molecule has 20 heavy (non-hydrogen) atoms. The molecule has 0 saturated carbocycles. The molecule has 6 heteroatoms. The second-order valence-electron chi connectivity index (χ2n) is 4.42. The molecule has 1 heterocycles. The highest BCUT2D eigenvalue weighted by molar-refractivity contribution is 6.05. The van der Waals surface area contributed by atoms with Crippen molar-refractivity contribution in [3.63, 3.8) is 0 Å². The number of hydrogen-bond acceptors (Lipinski definition) is 6. The number of aliphatic hydroxyl groups is 1. The van der Waals surface area contributed by atoms with Crippen molar-refractivity contribution in [1.29, 1.82) is 0 Å². The Morgan fingerprint density at radius 1 is 1.05 bits per heavy atom. The summed E-state index contributed by atoms with van der Waals surface area (Å²) in [4.78, 5) is 11.2. The van der Waals surface area contributed by atoms with Crippen LogP contribution in [0, 0.1) is 0 Å². The van der Waals surface area contributed by atoms with Crippen LogP contribution in [0.15, 0.2) is 35.6 Å². The fourth-order valence-corrected chi connectivity index (χ4v) is 2.20. The van der Waals surface area contributed by atoms with Crippen LogP contribution < -0.4 is 4.74 Å². The molecule has 0 amide bonds. The van der Waals surface area contributed by atoms with Crippen LogP contribution in [0.3, 0.4) is 0 Å². The first kappa shape index (κ1) is 12.2. The third-order valence-electron chi connectivity index (χ3n) is 3.18. The molecule has 0 saturated heterocycles. The molecular formula is C14H10O6. The molecule has 0 unspecified atom stereocenters. The Hall–Kier alpha value is -2.89. The number of allylic oxidation sites excluding steroid dienone is 4. The van der Waals surface area contributed by atoms with Crippen molar-refractivity contribution >= 4 is 11.4 Å². The molecule has 1 aromatic carbocycles. The number of benzene rings is 1. The first-order chi connectivity index (χ1) is 9.49. The molecule has 0 spiro atoms. The van der Waals surface area contributed by atoms with Crippen molar-refractivity contribution in [2.24, 2.45) is 0 Å². The minimum absolute atomic E-state index is 0.0392. The van der Waals surface area contributed by atoms with Crippen LogP contribution >= 0.6 is 0 Å². The molecule has 1 aliphatic carbocycles. The van der Waals surface area contributed by atoms with Gasteiger partial charge < -0.3 is 25.2 Å². The predicted octanol–water partition coefficient (Wildman–Crippen LogP) is 1.53. The van der Waals surface area contributed by atoms with Crippen LogP contribution in [0.1, 0.15) is 5.56 Å². The molecule has 0 atom stereocenters. The average Bonchev–Trinajstić information content (AvgIpc) is 2.85. The van der Waals surface area contributed by atoms with Crippen LogP contribution in [0.5, 0.6) is 23.0 Å². The summed E-state index contributed by atoms with van der Waals surface area (Å²) in [5.41, 5.74) is 1.07. The summed E-state index contributed by atoms with van der Waals surface area (Å²) in [6, 6.07) is 0.981. The van der Waals surface area contributed by atoms with Crippen LogP contribution in [0.2, 0.25) is 0 Å². The van der Waals surface area contributed by atoms with Crippen molar-refractivity contribution in [2.75, 3.05) is 6.61 Å². The summed E-state index contributed by atoms with van der Waals surface area (Å²) < 4.78 is 5.28. The third kappa shape index (κ3) is 1.62. The van der Waals surface area contributed by atoms with E-state index in [0.717, 1.165) is 6.07 Å². The van der Waals surface area contributed by atoms with Gasteiger partial charge in [0.05, 0.1) is 5.56 Å². The number of phenolic OH excluding ortho intramolecular Hbond substituents is 3. The number of aliphatic hydroxyl groups excluding tert-OH is 1. The topological polar surface area (TPSA) is 107 Å². The maximum atomic E-state index is 11.2. The van der Waals surface area contributed by atoms with Crippen molar-refractivity contribution < 1.29 is 30.0 Å². The lowest BCUT2D eigenvalue weighted by molar-refractivity contribution is -0.113. The molecule has 0 fully saturated rings. The zero-order valence-corrected chi connectivity index (χ0v) is 10.1. The van der Waals surface area contributed by atoms with Gasteiger partial charge in [0.25, 0.3) is 0 Å². The lowest BCUT2D eigenvalue weighted by atomic mass is 9.96. The van der Waals surface area contributed by atoms with Gasteiger partial charge in [-0.05, 0) is 17.7 Å². The number of phenols is 3. The van der Waals surface area contributed by atoms with E-state index in [2.05, 4.69) is 0 Å². The average molecular weight is 274 g/mol. The van der Waals surface area contributed by atoms with E-state index in [-0.39, 0.29) is 23.7 Å². The highest BCUT2D eigenvalue weighted by Crippen LogP contribution is 2.50. The quantitative estimate of drug-likeness (QED) is 0.422. The SMILES string of the molecule is O=C1C=C/C(=C2/COc3c(O)cc(O)c(O)c32)C=C1O. The van der Waals surface area contributed by atoms with Crippen LogP contribution in [-0.4, -0.2) is 32.8 Å². The Kier molecular flexibility index (Phi) is 2.47. The highest BCUT2D eigenvalue weighted by atomic mass is 16.5. The summed E-state index contributed by atoms with van der Waals surface area (Å²) >= 11 is 0. The number of fused-ring (bicyclic) bond motifs is 1. The molecule has 4 N–H and O–H groups in total. The Bertz CT molecular complexity index is 724. The Balaban J connectivity index is 2.24. The van der Waals surface area contributed by atoms with Gasteiger partial charge >= 0.3 is 0 Å².